The number of allylic oxidation sites excluding steroid dienone is 2. The molecule has 0 aromatic heterocycles. The maximum Gasteiger partial charge on any atom is 0.308 e. The Balaban J connectivity index is 1.73. The molecular formula is C20H28O6. The van der Waals surface area contributed by atoms with Crippen LogP contribution in [0.15, 0.2) is 23.8 Å². The number of carbonyl (C=O) groups is 2. The van der Waals surface area contributed by atoms with Crippen LogP contribution in [0.2, 0.25) is 0 Å². The van der Waals surface area contributed by atoms with Crippen LogP contribution >= 0.6 is 0 Å². The Kier molecular flexibility index (Phi) is 5.82. The SMILES string of the molecule is CC(=O)OC1CC(O)C=C2C=CC(C)C(CCC3CC(O)CC(=O)O3)C21. The second kappa shape index (κ2) is 7.92. The molecule has 3 aliphatic rings. The van der Waals surface area contributed by atoms with Crippen molar-refractivity contribution < 1.29 is 29.3 Å². The summed E-state index contributed by atoms with van der Waals surface area (Å²) in [5, 5.41) is 19.9. The molecule has 1 fully saturated rings. The monoisotopic (exact) mass is 364 g/mol. The van der Waals surface area contributed by atoms with Crippen molar-refractivity contribution in [1.29, 1.82) is 0 Å². The van der Waals surface area contributed by atoms with Crippen LogP contribution in [0.4, 0.5) is 0 Å². The van der Waals surface area contributed by atoms with Gasteiger partial charge in [-0.05, 0) is 30.3 Å². The number of carbonyl (C=O) groups excluding carboxylic acids is 2. The zero-order valence-electron chi connectivity index (χ0n) is 15.3. The lowest BCUT2D eigenvalue weighted by molar-refractivity contribution is -0.161. The van der Waals surface area contributed by atoms with Crippen molar-refractivity contribution in [2.24, 2.45) is 17.8 Å². The molecule has 1 saturated heterocycles. The Morgan fingerprint density at radius 1 is 1.31 bits per heavy atom. The number of hydrogen-bond donors (Lipinski definition) is 2. The van der Waals surface area contributed by atoms with Crippen molar-refractivity contribution in [3.63, 3.8) is 0 Å². The van der Waals surface area contributed by atoms with Crippen LogP contribution in [0.1, 0.15) is 46.0 Å². The van der Waals surface area contributed by atoms with E-state index in [4.69, 9.17) is 9.47 Å². The van der Waals surface area contributed by atoms with E-state index in [0.717, 1.165) is 12.0 Å². The van der Waals surface area contributed by atoms with Crippen LogP contribution in [0.25, 0.3) is 0 Å². The molecule has 7 unspecified atom stereocenters. The first-order chi connectivity index (χ1) is 12.3. The maximum atomic E-state index is 11.5. The van der Waals surface area contributed by atoms with Gasteiger partial charge in [-0.2, -0.15) is 0 Å². The van der Waals surface area contributed by atoms with Crippen molar-refractivity contribution in [1.82, 2.24) is 0 Å². The summed E-state index contributed by atoms with van der Waals surface area (Å²) in [5.41, 5.74) is 1.01. The van der Waals surface area contributed by atoms with E-state index in [-0.39, 0.29) is 48.3 Å². The quantitative estimate of drug-likeness (QED) is 0.740. The summed E-state index contributed by atoms with van der Waals surface area (Å²) >= 11 is 0. The average molecular weight is 364 g/mol. The lowest BCUT2D eigenvalue weighted by Gasteiger charge is -2.43. The highest BCUT2D eigenvalue weighted by atomic mass is 16.5. The van der Waals surface area contributed by atoms with Gasteiger partial charge in [0.25, 0.3) is 0 Å². The summed E-state index contributed by atoms with van der Waals surface area (Å²) in [6.45, 7) is 3.53. The van der Waals surface area contributed by atoms with E-state index >= 15 is 0 Å². The van der Waals surface area contributed by atoms with Crippen LogP contribution in [0, 0.1) is 17.8 Å². The minimum absolute atomic E-state index is 0.0338. The Morgan fingerprint density at radius 2 is 2.08 bits per heavy atom. The topological polar surface area (TPSA) is 93.1 Å². The zero-order valence-corrected chi connectivity index (χ0v) is 15.3. The van der Waals surface area contributed by atoms with Gasteiger partial charge in [-0.15, -0.1) is 0 Å². The van der Waals surface area contributed by atoms with E-state index in [0.29, 0.717) is 19.3 Å². The molecule has 0 saturated carbocycles. The number of rotatable bonds is 4. The molecular weight excluding hydrogens is 336 g/mol. The summed E-state index contributed by atoms with van der Waals surface area (Å²) in [6, 6.07) is 0. The predicted octanol–water partition coefficient (Wildman–Crippen LogP) is 1.89. The Labute approximate surface area is 153 Å². The molecule has 0 aromatic rings. The van der Waals surface area contributed by atoms with Crippen molar-refractivity contribution in [3.05, 3.63) is 23.8 Å². The van der Waals surface area contributed by atoms with E-state index in [9.17, 15) is 19.8 Å². The molecule has 0 spiro atoms. The van der Waals surface area contributed by atoms with Crippen molar-refractivity contribution in [3.8, 4) is 0 Å². The first-order valence-electron chi connectivity index (χ1n) is 9.46. The molecule has 6 nitrogen and oxygen atoms in total. The zero-order chi connectivity index (χ0) is 18.8. The van der Waals surface area contributed by atoms with Crippen LogP contribution in [-0.4, -0.2) is 46.6 Å². The third-order valence-electron chi connectivity index (χ3n) is 5.75. The molecule has 3 rings (SSSR count). The molecule has 0 amide bonds. The maximum absolute atomic E-state index is 11.5. The van der Waals surface area contributed by atoms with Crippen molar-refractivity contribution in [2.75, 3.05) is 0 Å². The fourth-order valence-electron chi connectivity index (χ4n) is 4.62. The van der Waals surface area contributed by atoms with Crippen LogP contribution in [0.3, 0.4) is 0 Å². The smallest absolute Gasteiger partial charge is 0.308 e. The number of hydrogen-bond acceptors (Lipinski definition) is 6. The highest BCUT2D eigenvalue weighted by Gasteiger charge is 2.42. The van der Waals surface area contributed by atoms with Gasteiger partial charge in [-0.3, -0.25) is 9.59 Å². The van der Waals surface area contributed by atoms with Gasteiger partial charge >= 0.3 is 11.9 Å². The molecule has 2 aliphatic carbocycles. The van der Waals surface area contributed by atoms with Gasteiger partial charge < -0.3 is 19.7 Å². The Hall–Kier alpha value is -1.66. The summed E-state index contributed by atoms with van der Waals surface area (Å²) in [7, 11) is 0. The average Bonchev–Trinajstić information content (AvgIpc) is 2.52. The number of esters is 2. The Bertz CT molecular complexity index is 609. The van der Waals surface area contributed by atoms with E-state index in [1.165, 1.54) is 6.92 Å². The fraction of sp³-hybridized carbons (Fsp3) is 0.700. The van der Waals surface area contributed by atoms with E-state index in [1.54, 1.807) is 0 Å². The van der Waals surface area contributed by atoms with Crippen LogP contribution in [-0.2, 0) is 19.1 Å². The molecule has 7 atom stereocenters. The van der Waals surface area contributed by atoms with Crippen molar-refractivity contribution >= 4 is 11.9 Å². The number of fused-ring (bicyclic) bond motifs is 1. The number of aliphatic hydroxyl groups excluding tert-OH is 2. The third-order valence-corrected chi connectivity index (χ3v) is 5.75. The third kappa shape index (κ3) is 4.35. The molecule has 2 N–H and O–H groups in total. The predicted molar refractivity (Wildman–Crippen MR) is 93.9 cm³/mol. The lowest BCUT2D eigenvalue weighted by Crippen LogP contribution is -2.42. The molecule has 0 bridgehead atoms. The standard InChI is InChI=1S/C20H28O6/c1-11-3-4-13-7-14(22)9-18(25-12(2)21)20(13)17(11)6-5-16-8-15(23)10-19(24)26-16/h3-4,7,11,14-18,20,22-23H,5-6,8-10H2,1-2H3. The number of ether oxygens (including phenoxy) is 2. The first kappa shape index (κ1) is 19.1. The van der Waals surface area contributed by atoms with Crippen LogP contribution in [0.5, 0.6) is 0 Å². The van der Waals surface area contributed by atoms with Gasteiger partial charge in [0, 0.05) is 25.7 Å². The number of aliphatic hydroxyl groups is 2. The fourth-order valence-corrected chi connectivity index (χ4v) is 4.62. The van der Waals surface area contributed by atoms with Gasteiger partial charge in [0.1, 0.15) is 12.2 Å². The molecule has 1 heterocycles. The Morgan fingerprint density at radius 3 is 2.77 bits per heavy atom. The molecule has 26 heavy (non-hydrogen) atoms. The number of cyclic esters (lactones) is 1. The lowest BCUT2D eigenvalue weighted by atomic mass is 9.66. The van der Waals surface area contributed by atoms with Gasteiger partial charge in [-0.25, -0.2) is 0 Å². The van der Waals surface area contributed by atoms with E-state index in [2.05, 4.69) is 13.0 Å². The minimum Gasteiger partial charge on any atom is -0.462 e. The second-order valence-electron chi connectivity index (χ2n) is 7.81. The second-order valence-corrected chi connectivity index (χ2v) is 7.81. The highest BCUT2D eigenvalue weighted by Crippen LogP contribution is 2.44. The van der Waals surface area contributed by atoms with Gasteiger partial charge in [-0.1, -0.05) is 25.2 Å². The normalized spacial score (nSPS) is 39.6. The molecule has 0 radical (unpaired) electrons. The molecule has 144 valence electrons. The molecule has 0 aromatic carbocycles. The van der Waals surface area contributed by atoms with Crippen LogP contribution < -0.4 is 0 Å². The van der Waals surface area contributed by atoms with Gasteiger partial charge in [0.2, 0.25) is 0 Å². The van der Waals surface area contributed by atoms with Gasteiger partial charge in [0.15, 0.2) is 0 Å². The van der Waals surface area contributed by atoms with Crippen molar-refractivity contribution in [2.45, 2.75) is 70.4 Å². The van der Waals surface area contributed by atoms with E-state index in [1.807, 2.05) is 12.2 Å². The summed E-state index contributed by atoms with van der Waals surface area (Å²) in [5.74, 6) is -0.139. The largest absolute Gasteiger partial charge is 0.462 e. The summed E-state index contributed by atoms with van der Waals surface area (Å²) < 4.78 is 10.9. The first-order valence-corrected chi connectivity index (χ1v) is 9.46. The summed E-state index contributed by atoms with van der Waals surface area (Å²) in [6.07, 6.45) is 6.56. The van der Waals surface area contributed by atoms with Gasteiger partial charge in [0.05, 0.1) is 18.6 Å². The van der Waals surface area contributed by atoms with E-state index < -0.39 is 12.2 Å². The summed E-state index contributed by atoms with van der Waals surface area (Å²) in [4.78, 5) is 23.1. The minimum atomic E-state index is -0.626. The molecule has 1 aliphatic heterocycles. The molecule has 6 heteroatoms. The highest BCUT2D eigenvalue weighted by molar-refractivity contribution is 5.71.